The maximum atomic E-state index is 13.8. The van der Waals surface area contributed by atoms with E-state index >= 15 is 0 Å². The number of rotatable bonds is 6. The highest BCUT2D eigenvalue weighted by atomic mass is 32.1. The van der Waals surface area contributed by atoms with E-state index in [1.807, 2.05) is 0 Å². The van der Waals surface area contributed by atoms with Crippen molar-refractivity contribution in [2.24, 2.45) is 0 Å². The molecule has 1 saturated heterocycles. The van der Waals surface area contributed by atoms with Crippen LogP contribution in [0.25, 0.3) is 21.8 Å². The van der Waals surface area contributed by atoms with E-state index in [9.17, 15) is 49.1 Å². The molecular weight excluding hydrogens is 663 g/mol. The molecule has 1 fully saturated rings. The smallest absolute Gasteiger partial charge is 0.416 e. The molecule has 0 unspecified atom stereocenters. The average molecular weight is 687 g/mol. The molecule has 15 heteroatoms. The lowest BCUT2D eigenvalue weighted by atomic mass is 9.97. The normalized spacial score (nSPS) is 17.3. The summed E-state index contributed by atoms with van der Waals surface area (Å²) in [7, 11) is 0. The van der Waals surface area contributed by atoms with Crippen molar-refractivity contribution in [3.8, 4) is 21.8 Å². The number of halogens is 9. The summed E-state index contributed by atoms with van der Waals surface area (Å²) in [6.07, 6.45) is -17.8. The number of cyclic esters (lactones) is 1. The number of Topliss-reactive ketones (excluding diaryl/α,β-unsaturated/α-hetero) is 1. The Balaban J connectivity index is 1.52. The summed E-state index contributed by atoms with van der Waals surface area (Å²) in [5.41, 5.74) is -2.29. The van der Waals surface area contributed by atoms with Gasteiger partial charge in [-0.2, -0.15) is 39.5 Å². The van der Waals surface area contributed by atoms with Crippen molar-refractivity contribution in [3.63, 3.8) is 0 Å². The van der Waals surface area contributed by atoms with Crippen molar-refractivity contribution in [1.29, 1.82) is 0 Å². The number of ketones is 1. The fourth-order valence-corrected chi connectivity index (χ4v) is 6.17. The lowest BCUT2D eigenvalue weighted by Gasteiger charge is -2.23. The molecule has 1 amide bonds. The fourth-order valence-electron chi connectivity index (χ4n) is 5.29. The zero-order chi connectivity index (χ0) is 34.6. The van der Waals surface area contributed by atoms with Crippen LogP contribution in [0, 0.1) is 6.92 Å². The molecule has 1 aromatic heterocycles. The number of carbonyl (C=O) groups is 2. The van der Waals surface area contributed by atoms with Gasteiger partial charge in [0.25, 0.3) is 0 Å². The van der Waals surface area contributed by atoms with Gasteiger partial charge in [-0.05, 0) is 73.9 Å². The molecule has 0 saturated carbocycles. The number of benzene rings is 3. The zero-order valence-corrected chi connectivity index (χ0v) is 25.4. The minimum absolute atomic E-state index is 0.0335. The second-order valence-corrected chi connectivity index (χ2v) is 11.9. The third-order valence-corrected chi connectivity index (χ3v) is 8.62. The zero-order valence-electron chi connectivity index (χ0n) is 24.6. The van der Waals surface area contributed by atoms with Crippen LogP contribution in [-0.4, -0.2) is 27.8 Å². The number of thiazole rings is 1. The highest BCUT2D eigenvalue weighted by molar-refractivity contribution is 7.13. The van der Waals surface area contributed by atoms with Crippen LogP contribution in [0.15, 0.2) is 60.0 Å². The van der Waals surface area contributed by atoms with Crippen LogP contribution >= 0.6 is 11.3 Å². The highest BCUT2D eigenvalue weighted by Gasteiger charge is 2.44. The van der Waals surface area contributed by atoms with Crippen molar-refractivity contribution in [3.05, 3.63) is 98.9 Å². The van der Waals surface area contributed by atoms with Crippen LogP contribution in [0.4, 0.5) is 44.3 Å². The number of aryl methyl sites for hydroxylation is 1. The van der Waals surface area contributed by atoms with Crippen molar-refractivity contribution < 1.29 is 53.8 Å². The molecular formula is C32H23F9N2O3S. The molecule has 1 aliphatic rings. The van der Waals surface area contributed by atoms with Gasteiger partial charge in [0.05, 0.1) is 35.0 Å². The fraction of sp³-hybridized carbons (Fsp3) is 0.281. The van der Waals surface area contributed by atoms with Gasteiger partial charge in [0, 0.05) is 22.1 Å². The van der Waals surface area contributed by atoms with E-state index in [1.54, 1.807) is 30.5 Å². The Labute approximate surface area is 265 Å². The van der Waals surface area contributed by atoms with Gasteiger partial charge in [-0.25, -0.2) is 9.78 Å². The Morgan fingerprint density at radius 2 is 1.45 bits per heavy atom. The number of hydrogen-bond acceptors (Lipinski definition) is 5. The second-order valence-electron chi connectivity index (χ2n) is 11.0. The summed E-state index contributed by atoms with van der Waals surface area (Å²) >= 11 is 1.10. The van der Waals surface area contributed by atoms with E-state index in [0.29, 0.717) is 29.0 Å². The molecule has 0 aliphatic carbocycles. The quantitative estimate of drug-likeness (QED) is 0.150. The molecule has 2 atom stereocenters. The monoisotopic (exact) mass is 686 g/mol. The topological polar surface area (TPSA) is 59.5 Å². The van der Waals surface area contributed by atoms with Gasteiger partial charge < -0.3 is 4.74 Å². The van der Waals surface area contributed by atoms with Gasteiger partial charge in [-0.15, -0.1) is 11.3 Å². The van der Waals surface area contributed by atoms with Gasteiger partial charge in [0.2, 0.25) is 0 Å². The molecule has 0 radical (unpaired) electrons. The molecule has 0 bridgehead atoms. The van der Waals surface area contributed by atoms with Crippen LogP contribution in [0.1, 0.15) is 63.7 Å². The molecule has 0 N–H and O–H groups in total. The first-order valence-electron chi connectivity index (χ1n) is 13.8. The van der Waals surface area contributed by atoms with Gasteiger partial charge in [0.1, 0.15) is 11.1 Å². The van der Waals surface area contributed by atoms with Gasteiger partial charge >= 0.3 is 24.6 Å². The number of hydrogen-bond donors (Lipinski definition) is 0. The first-order chi connectivity index (χ1) is 21.7. The van der Waals surface area contributed by atoms with Crippen LogP contribution in [0.2, 0.25) is 0 Å². The van der Waals surface area contributed by atoms with Gasteiger partial charge in [-0.1, -0.05) is 18.2 Å². The Morgan fingerprint density at radius 3 is 2.00 bits per heavy atom. The number of ether oxygens (including phenoxy) is 1. The van der Waals surface area contributed by atoms with Crippen LogP contribution < -0.4 is 0 Å². The minimum atomic E-state index is -5.14. The van der Waals surface area contributed by atoms with Gasteiger partial charge in [-0.3, -0.25) is 9.69 Å². The predicted molar refractivity (Wildman–Crippen MR) is 153 cm³/mol. The lowest BCUT2D eigenvalue weighted by molar-refractivity contribution is -0.143. The maximum Gasteiger partial charge on any atom is 0.416 e. The lowest BCUT2D eigenvalue weighted by Crippen LogP contribution is -2.32. The molecule has 4 aromatic rings. The van der Waals surface area contributed by atoms with E-state index in [1.165, 1.54) is 19.9 Å². The van der Waals surface area contributed by atoms with Crippen LogP contribution in [0.5, 0.6) is 0 Å². The molecule has 2 heterocycles. The third kappa shape index (κ3) is 6.99. The first kappa shape index (κ1) is 33.9. The molecule has 0 spiro atoms. The molecule has 248 valence electrons. The van der Waals surface area contributed by atoms with E-state index in [-0.39, 0.29) is 28.0 Å². The number of amides is 1. The summed E-state index contributed by atoms with van der Waals surface area (Å²) in [5, 5.41) is 1.95. The van der Waals surface area contributed by atoms with Crippen molar-refractivity contribution in [2.45, 2.75) is 58.0 Å². The van der Waals surface area contributed by atoms with Gasteiger partial charge in [0.15, 0.2) is 5.78 Å². The highest BCUT2D eigenvalue weighted by Crippen LogP contribution is 2.42. The molecule has 3 aromatic carbocycles. The summed E-state index contributed by atoms with van der Waals surface area (Å²) < 4.78 is 127. The van der Waals surface area contributed by atoms with Crippen LogP contribution in [-0.2, 0) is 29.8 Å². The SMILES string of the molecule is CC(=O)c1ccc(-c2csc(-c3ccc(C(F)(F)F)cc3CN3C(=O)O[C@H](c4cc(C(F)(F)F)cc(C(F)(F)F)c4)[C@@H]3C)n2)c(C)c1. The summed E-state index contributed by atoms with van der Waals surface area (Å²) in [4.78, 5) is 30.2. The first-order valence-corrected chi connectivity index (χ1v) is 14.7. The number of aromatic nitrogens is 1. The number of nitrogens with zero attached hydrogens (tertiary/aromatic N) is 2. The molecule has 5 nitrogen and oxygen atoms in total. The largest absolute Gasteiger partial charge is 0.439 e. The summed E-state index contributed by atoms with van der Waals surface area (Å²) in [5.74, 6) is -0.140. The standard InChI is InChI=1S/C32H23F9N2O3S/c1-15-8-18(17(3)44)4-6-24(15)26-14-47-28(42-26)25-7-5-21(30(33,34)35)11-20(25)13-43-16(2)27(46-29(43)45)19-9-22(31(36,37)38)12-23(10-19)32(39,40)41/h4-12,14,16,27H,13H2,1-3H3/t16-,27-/m0/s1. The Bertz CT molecular complexity index is 1830. The van der Waals surface area contributed by atoms with E-state index in [0.717, 1.165) is 33.9 Å². The Kier molecular flexibility index (Phi) is 8.67. The number of carbonyl (C=O) groups excluding carboxylic acids is 2. The Hall–Kier alpha value is -4.40. The molecule has 5 rings (SSSR count). The van der Waals surface area contributed by atoms with Crippen molar-refractivity contribution in [1.82, 2.24) is 9.88 Å². The minimum Gasteiger partial charge on any atom is -0.439 e. The molecule has 1 aliphatic heterocycles. The Morgan fingerprint density at radius 1 is 0.851 bits per heavy atom. The van der Waals surface area contributed by atoms with Crippen LogP contribution in [0.3, 0.4) is 0 Å². The third-order valence-electron chi connectivity index (χ3n) is 7.75. The molecule has 47 heavy (non-hydrogen) atoms. The average Bonchev–Trinajstić information content (AvgIpc) is 3.56. The second kappa shape index (κ2) is 12.0. The summed E-state index contributed by atoms with van der Waals surface area (Å²) in [6, 6.07) is 7.48. The van der Waals surface area contributed by atoms with Crippen molar-refractivity contribution in [2.75, 3.05) is 0 Å². The van der Waals surface area contributed by atoms with E-state index in [4.69, 9.17) is 4.74 Å². The number of alkyl halides is 9. The van der Waals surface area contributed by atoms with E-state index in [2.05, 4.69) is 4.98 Å². The maximum absolute atomic E-state index is 13.8. The summed E-state index contributed by atoms with van der Waals surface area (Å²) in [6.45, 7) is 3.97. The van der Waals surface area contributed by atoms with E-state index < -0.39 is 65.6 Å². The van der Waals surface area contributed by atoms with Crippen molar-refractivity contribution >= 4 is 23.2 Å². The predicted octanol–water partition coefficient (Wildman–Crippen LogP) is 10.1.